The van der Waals surface area contributed by atoms with Crippen LogP contribution in [0.1, 0.15) is 35.7 Å². The Labute approximate surface area is 154 Å². The van der Waals surface area contributed by atoms with Crippen molar-refractivity contribution in [2.24, 2.45) is 0 Å². The van der Waals surface area contributed by atoms with Gasteiger partial charge in [0, 0.05) is 22.3 Å². The molecule has 4 nitrogen and oxygen atoms in total. The van der Waals surface area contributed by atoms with Crippen LogP contribution in [0.2, 0.25) is 0 Å². The molecule has 0 aliphatic rings. The van der Waals surface area contributed by atoms with Crippen molar-refractivity contribution in [3.8, 4) is 17.0 Å². The molecule has 0 aliphatic heterocycles. The highest BCUT2D eigenvalue weighted by atomic mass is 16.5. The van der Waals surface area contributed by atoms with Crippen molar-refractivity contribution >= 4 is 5.78 Å². The number of aromatic nitrogens is 2. The molecule has 0 bridgehead atoms. The molecule has 0 fully saturated rings. The highest BCUT2D eigenvalue weighted by Gasteiger charge is 2.15. The van der Waals surface area contributed by atoms with E-state index in [0.29, 0.717) is 11.5 Å². The summed E-state index contributed by atoms with van der Waals surface area (Å²) in [4.78, 5) is 12.5. The van der Waals surface area contributed by atoms with Gasteiger partial charge in [0.05, 0.1) is 7.11 Å². The van der Waals surface area contributed by atoms with E-state index in [1.165, 1.54) is 5.56 Å². The van der Waals surface area contributed by atoms with Crippen molar-refractivity contribution in [3.05, 3.63) is 78.0 Å². The van der Waals surface area contributed by atoms with E-state index in [-0.39, 0.29) is 12.3 Å². The maximum atomic E-state index is 12.5. The minimum absolute atomic E-state index is 0.0115. The third-order valence-electron chi connectivity index (χ3n) is 4.34. The van der Waals surface area contributed by atoms with Crippen molar-refractivity contribution in [1.82, 2.24) is 5.10 Å². The molecule has 0 N–H and O–H groups in total. The minimum atomic E-state index is 0.0115. The Morgan fingerprint density at radius 2 is 1.73 bits per heavy atom. The maximum absolute atomic E-state index is 12.5. The van der Waals surface area contributed by atoms with Gasteiger partial charge in [0.2, 0.25) is 12.3 Å². The largest absolute Gasteiger partial charge is 0.497 e. The molecule has 0 saturated carbocycles. The Kier molecular flexibility index (Phi) is 5.42. The lowest BCUT2D eigenvalue weighted by atomic mass is 10.0. The van der Waals surface area contributed by atoms with Crippen LogP contribution >= 0.6 is 0 Å². The number of Topliss-reactive ketones (excluding diaryl/α,β-unsaturated/α-hetero) is 1. The van der Waals surface area contributed by atoms with Gasteiger partial charge in [-0.3, -0.25) is 4.79 Å². The third kappa shape index (κ3) is 4.14. The highest BCUT2D eigenvalue weighted by molar-refractivity contribution is 5.95. The fourth-order valence-electron chi connectivity index (χ4n) is 2.73. The summed E-state index contributed by atoms with van der Waals surface area (Å²) in [5.74, 6) is 1.25. The smallest absolute Gasteiger partial charge is 0.236 e. The molecule has 0 aliphatic carbocycles. The number of methoxy groups -OCH3 is 1. The quantitative estimate of drug-likeness (QED) is 0.499. The lowest BCUT2D eigenvalue weighted by Crippen LogP contribution is -2.41. The molecule has 0 spiro atoms. The molecule has 0 amide bonds. The lowest BCUT2D eigenvalue weighted by Gasteiger charge is -2.06. The summed E-state index contributed by atoms with van der Waals surface area (Å²) in [5, 5.41) is 4.59. The van der Waals surface area contributed by atoms with E-state index in [1.807, 2.05) is 18.3 Å². The van der Waals surface area contributed by atoms with E-state index in [0.717, 1.165) is 17.0 Å². The van der Waals surface area contributed by atoms with Crippen molar-refractivity contribution in [2.75, 3.05) is 7.11 Å². The zero-order valence-corrected chi connectivity index (χ0v) is 15.3. The van der Waals surface area contributed by atoms with Crippen LogP contribution in [0.25, 0.3) is 11.3 Å². The van der Waals surface area contributed by atoms with Crippen LogP contribution in [0.5, 0.6) is 5.75 Å². The van der Waals surface area contributed by atoms with Crippen LogP contribution < -0.4 is 9.42 Å². The summed E-state index contributed by atoms with van der Waals surface area (Å²) in [6, 6.07) is 19.4. The molecule has 0 unspecified atom stereocenters. The Morgan fingerprint density at radius 3 is 2.35 bits per heavy atom. The molecule has 1 aromatic heterocycles. The van der Waals surface area contributed by atoms with Gasteiger partial charge >= 0.3 is 0 Å². The summed E-state index contributed by atoms with van der Waals surface area (Å²) in [6.45, 7) is 4.55. The molecular weight excluding hydrogens is 324 g/mol. The number of carbonyl (C=O) groups excluding carboxylic acids is 1. The monoisotopic (exact) mass is 347 g/mol. The molecule has 0 radical (unpaired) electrons. The van der Waals surface area contributed by atoms with Crippen LogP contribution in [0.4, 0.5) is 0 Å². The summed E-state index contributed by atoms with van der Waals surface area (Å²) >= 11 is 0. The van der Waals surface area contributed by atoms with Crippen LogP contribution in [0.3, 0.4) is 0 Å². The number of nitrogens with zero attached hydrogens (tertiary/aromatic N) is 2. The number of hydrogen-bond donors (Lipinski definition) is 0. The second-order valence-electron chi connectivity index (χ2n) is 6.52. The first-order valence-corrected chi connectivity index (χ1v) is 8.71. The predicted molar refractivity (Wildman–Crippen MR) is 101 cm³/mol. The summed E-state index contributed by atoms with van der Waals surface area (Å²) in [6.07, 6.45) is 1.81. The first kappa shape index (κ1) is 17.8. The van der Waals surface area contributed by atoms with E-state index in [2.05, 4.69) is 43.2 Å². The van der Waals surface area contributed by atoms with Gasteiger partial charge in [-0.25, -0.2) is 0 Å². The van der Waals surface area contributed by atoms with Crippen molar-refractivity contribution in [1.29, 1.82) is 0 Å². The Hall–Kier alpha value is -3.01. The normalized spacial score (nSPS) is 10.8. The zero-order valence-electron chi connectivity index (χ0n) is 15.3. The van der Waals surface area contributed by atoms with E-state index in [1.54, 1.807) is 36.1 Å². The van der Waals surface area contributed by atoms with E-state index in [9.17, 15) is 4.79 Å². The SMILES string of the molecule is COc1ccc(C(=O)C[n+]2cccc(-c3ccc(C(C)C)cc3)n2)cc1. The second-order valence-corrected chi connectivity index (χ2v) is 6.52. The number of hydrogen-bond acceptors (Lipinski definition) is 3. The van der Waals surface area contributed by atoms with Gasteiger partial charge in [-0.05, 0) is 41.8 Å². The molecule has 26 heavy (non-hydrogen) atoms. The van der Waals surface area contributed by atoms with Gasteiger partial charge in [-0.2, -0.15) is 0 Å². The number of ether oxygens (including phenoxy) is 1. The number of carbonyl (C=O) groups is 1. The molecule has 3 aromatic rings. The fraction of sp³-hybridized carbons (Fsp3) is 0.227. The van der Waals surface area contributed by atoms with Gasteiger partial charge in [-0.15, -0.1) is 0 Å². The fourth-order valence-corrected chi connectivity index (χ4v) is 2.73. The number of ketones is 1. The molecular formula is C22H23N2O2+. The number of rotatable bonds is 6. The average molecular weight is 347 g/mol. The maximum Gasteiger partial charge on any atom is 0.236 e. The highest BCUT2D eigenvalue weighted by Crippen LogP contribution is 2.20. The van der Waals surface area contributed by atoms with Crippen LogP contribution in [0, 0.1) is 0 Å². The Balaban J connectivity index is 1.77. The van der Waals surface area contributed by atoms with Gasteiger partial charge < -0.3 is 4.74 Å². The van der Waals surface area contributed by atoms with Crippen molar-refractivity contribution in [2.45, 2.75) is 26.3 Å². The van der Waals surface area contributed by atoms with Crippen LogP contribution in [-0.2, 0) is 6.54 Å². The van der Waals surface area contributed by atoms with Gasteiger partial charge in [0.15, 0.2) is 6.20 Å². The molecule has 0 atom stereocenters. The molecule has 132 valence electrons. The molecule has 4 heteroatoms. The van der Waals surface area contributed by atoms with Gasteiger partial charge in [0.25, 0.3) is 0 Å². The molecule has 1 heterocycles. The van der Waals surface area contributed by atoms with E-state index >= 15 is 0 Å². The van der Waals surface area contributed by atoms with Crippen LogP contribution in [0.15, 0.2) is 66.9 Å². The molecule has 0 saturated heterocycles. The molecule has 3 rings (SSSR count). The van der Waals surface area contributed by atoms with Crippen molar-refractivity contribution < 1.29 is 14.2 Å². The third-order valence-corrected chi connectivity index (χ3v) is 4.34. The predicted octanol–water partition coefficient (Wildman–Crippen LogP) is 4.05. The van der Waals surface area contributed by atoms with Gasteiger partial charge in [-0.1, -0.05) is 42.8 Å². The summed E-state index contributed by atoms with van der Waals surface area (Å²) in [7, 11) is 1.61. The second kappa shape index (κ2) is 7.91. The molecule has 2 aromatic carbocycles. The van der Waals surface area contributed by atoms with E-state index < -0.39 is 0 Å². The zero-order chi connectivity index (χ0) is 18.5. The van der Waals surface area contributed by atoms with Crippen molar-refractivity contribution in [3.63, 3.8) is 0 Å². The topological polar surface area (TPSA) is 43.1 Å². The summed E-state index contributed by atoms with van der Waals surface area (Å²) in [5.41, 5.74) is 3.84. The number of benzene rings is 2. The Bertz CT molecular complexity index is 885. The van der Waals surface area contributed by atoms with Crippen LogP contribution in [-0.4, -0.2) is 18.0 Å². The Morgan fingerprint density at radius 1 is 1.04 bits per heavy atom. The summed E-state index contributed by atoms with van der Waals surface area (Å²) < 4.78 is 6.80. The first-order valence-electron chi connectivity index (χ1n) is 8.71. The lowest BCUT2D eigenvalue weighted by molar-refractivity contribution is -0.740. The standard InChI is InChI=1S/C22H23N2O2/c1-16(2)17-6-8-18(9-7-17)21-5-4-14-24(23-21)15-22(25)19-10-12-20(26-3)13-11-19/h4-14,16H,15H2,1-3H3/q+1. The average Bonchev–Trinajstić information content (AvgIpc) is 2.68. The minimum Gasteiger partial charge on any atom is -0.497 e. The first-order chi connectivity index (χ1) is 12.6. The van der Waals surface area contributed by atoms with Gasteiger partial charge in [0.1, 0.15) is 11.4 Å². The van der Waals surface area contributed by atoms with E-state index in [4.69, 9.17) is 4.74 Å².